The summed E-state index contributed by atoms with van der Waals surface area (Å²) in [4.78, 5) is 43.2. The monoisotopic (exact) mass is 490 g/mol. The van der Waals surface area contributed by atoms with Gasteiger partial charge in [0.2, 0.25) is 4.87 Å². The van der Waals surface area contributed by atoms with Crippen LogP contribution in [0.3, 0.4) is 0 Å². The Morgan fingerprint density at radius 2 is 1.56 bits per heavy atom. The van der Waals surface area contributed by atoms with Gasteiger partial charge in [0.25, 0.3) is 11.7 Å². The van der Waals surface area contributed by atoms with Crippen molar-refractivity contribution in [1.29, 1.82) is 0 Å². The van der Waals surface area contributed by atoms with Gasteiger partial charge in [-0.2, -0.15) is 0 Å². The summed E-state index contributed by atoms with van der Waals surface area (Å²) in [5.41, 5.74) is 0.325. The molecule has 9 heteroatoms. The van der Waals surface area contributed by atoms with Crippen molar-refractivity contribution in [2.45, 2.75) is 4.87 Å². The van der Waals surface area contributed by atoms with Gasteiger partial charge in [0, 0.05) is 16.1 Å². The number of hydrogen-bond acceptors (Lipinski definition) is 6. The van der Waals surface area contributed by atoms with Crippen LogP contribution in [0.1, 0.15) is 11.1 Å². The van der Waals surface area contributed by atoms with Crippen LogP contribution in [0.4, 0.5) is 5.69 Å². The molecule has 2 aliphatic heterocycles. The van der Waals surface area contributed by atoms with E-state index < -0.39 is 33.8 Å². The van der Waals surface area contributed by atoms with Crippen molar-refractivity contribution >= 4 is 57.5 Å². The maximum atomic E-state index is 13.6. The van der Waals surface area contributed by atoms with Gasteiger partial charge in [-0.1, -0.05) is 65.8 Å². The zero-order valence-corrected chi connectivity index (χ0v) is 18.9. The van der Waals surface area contributed by atoms with E-state index in [1.165, 1.54) is 36.4 Å². The number of halogens is 1. The van der Waals surface area contributed by atoms with E-state index in [-0.39, 0.29) is 22.0 Å². The Kier molecular flexibility index (Phi) is 5.27. The molecule has 0 radical (unpaired) electrons. The van der Waals surface area contributed by atoms with Crippen LogP contribution in [0.25, 0.3) is 5.76 Å². The molecule has 2 N–H and O–H groups in total. The Hall–Kier alpha value is -3.88. The number of amides is 2. The quantitative estimate of drug-likeness (QED) is 0.321. The number of benzene rings is 3. The van der Waals surface area contributed by atoms with Crippen LogP contribution in [0.5, 0.6) is 5.75 Å². The Morgan fingerprint density at radius 3 is 2.24 bits per heavy atom. The summed E-state index contributed by atoms with van der Waals surface area (Å²) >= 11 is 6.81. The lowest BCUT2D eigenvalue weighted by molar-refractivity contribution is -0.132. The molecule has 3 aromatic rings. The summed E-state index contributed by atoms with van der Waals surface area (Å²) in [6.07, 6.45) is 0. The number of aliphatic imine (C=N–C) groups is 1. The SMILES string of the molecule is O=C1C(=O)N(c2ccccc2O)C2(SC(c3ccccc3)=NC2=O)C1=C(O)c1ccc(Cl)cc1. The van der Waals surface area contributed by atoms with Gasteiger partial charge >= 0.3 is 5.91 Å². The second-order valence-electron chi connectivity index (χ2n) is 7.52. The lowest BCUT2D eigenvalue weighted by atomic mass is 9.99. The largest absolute Gasteiger partial charge is 0.507 e. The molecule has 0 aromatic heterocycles. The third-order valence-electron chi connectivity index (χ3n) is 5.51. The third-order valence-corrected chi connectivity index (χ3v) is 7.14. The minimum atomic E-state index is -2.04. The van der Waals surface area contributed by atoms with Crippen molar-refractivity contribution in [1.82, 2.24) is 0 Å². The van der Waals surface area contributed by atoms with Crippen molar-refractivity contribution in [3.05, 3.63) is 101 Å². The molecule has 0 bridgehead atoms. The average Bonchev–Trinajstić information content (AvgIpc) is 3.29. The molecular formula is C25H15ClN2O5S. The molecule has 1 spiro atoms. The number of hydrogen-bond donors (Lipinski definition) is 2. The summed E-state index contributed by atoms with van der Waals surface area (Å²) in [5.74, 6) is -3.81. The highest BCUT2D eigenvalue weighted by Gasteiger charge is 2.66. The summed E-state index contributed by atoms with van der Waals surface area (Å²) in [6.45, 7) is 0. The molecule has 34 heavy (non-hydrogen) atoms. The minimum Gasteiger partial charge on any atom is -0.507 e. The van der Waals surface area contributed by atoms with E-state index in [9.17, 15) is 24.6 Å². The standard InChI is InChI=1S/C25H15ClN2O5S/c26-16-12-10-14(11-13-16)20(30)19-21(31)23(32)28(17-8-4-5-9-18(17)29)25(19)24(33)27-22(34-25)15-6-2-1-3-7-15/h1-13,29-30H. The van der Waals surface area contributed by atoms with Gasteiger partial charge in [-0.25, -0.2) is 4.99 Å². The molecular weight excluding hydrogens is 476 g/mol. The molecule has 0 aliphatic carbocycles. The second kappa shape index (κ2) is 8.16. The number of para-hydroxylation sites is 2. The van der Waals surface area contributed by atoms with Crippen LogP contribution in [-0.4, -0.2) is 37.7 Å². The van der Waals surface area contributed by atoms with E-state index in [0.29, 0.717) is 10.6 Å². The lowest BCUT2D eigenvalue weighted by Gasteiger charge is -2.32. The fourth-order valence-corrected chi connectivity index (χ4v) is 5.43. The topological polar surface area (TPSA) is 107 Å². The number of nitrogens with zero attached hydrogens (tertiary/aromatic N) is 2. The maximum absolute atomic E-state index is 13.6. The number of aliphatic hydroxyl groups excluding tert-OH is 1. The molecule has 2 heterocycles. The average molecular weight is 491 g/mol. The molecule has 1 atom stereocenters. The van der Waals surface area contributed by atoms with Crippen molar-refractivity contribution in [3.8, 4) is 5.75 Å². The van der Waals surface area contributed by atoms with Gasteiger partial charge in [-0.3, -0.25) is 19.3 Å². The number of carbonyl (C=O) groups excluding carboxylic acids is 3. The van der Waals surface area contributed by atoms with Gasteiger partial charge in [0.15, 0.2) is 0 Å². The van der Waals surface area contributed by atoms with Crippen LogP contribution in [-0.2, 0) is 14.4 Å². The number of rotatable bonds is 3. The summed E-state index contributed by atoms with van der Waals surface area (Å²) in [7, 11) is 0. The molecule has 168 valence electrons. The molecule has 1 unspecified atom stereocenters. The Bertz CT molecular complexity index is 1420. The van der Waals surface area contributed by atoms with Crippen LogP contribution >= 0.6 is 23.4 Å². The first kappa shape index (κ1) is 21.9. The fourth-order valence-electron chi connectivity index (χ4n) is 3.95. The van der Waals surface area contributed by atoms with E-state index in [2.05, 4.69) is 4.99 Å². The maximum Gasteiger partial charge on any atom is 0.301 e. The van der Waals surface area contributed by atoms with Crippen molar-refractivity contribution in [2.24, 2.45) is 4.99 Å². The summed E-state index contributed by atoms with van der Waals surface area (Å²) in [5, 5.41) is 22.4. The fraction of sp³-hybridized carbons (Fsp3) is 0.0400. The molecule has 3 aromatic carbocycles. The van der Waals surface area contributed by atoms with Gasteiger partial charge in [0.1, 0.15) is 16.6 Å². The molecule has 1 saturated heterocycles. The van der Waals surface area contributed by atoms with Gasteiger partial charge in [-0.15, -0.1) is 0 Å². The number of phenolic OH excluding ortho intramolecular Hbond substituents is 1. The molecule has 5 rings (SSSR count). The lowest BCUT2D eigenvalue weighted by Crippen LogP contribution is -2.48. The van der Waals surface area contributed by atoms with E-state index in [4.69, 9.17) is 11.6 Å². The number of thioether (sulfide) groups is 1. The molecule has 0 saturated carbocycles. The van der Waals surface area contributed by atoms with Crippen LogP contribution < -0.4 is 4.90 Å². The van der Waals surface area contributed by atoms with E-state index in [0.717, 1.165) is 16.7 Å². The number of ketones is 1. The predicted octanol–water partition coefficient (Wildman–Crippen LogP) is 4.35. The molecule has 1 fully saturated rings. The Morgan fingerprint density at radius 1 is 0.912 bits per heavy atom. The van der Waals surface area contributed by atoms with Crippen LogP contribution in [0, 0.1) is 0 Å². The second-order valence-corrected chi connectivity index (χ2v) is 9.14. The first-order valence-electron chi connectivity index (χ1n) is 10.1. The van der Waals surface area contributed by atoms with Crippen molar-refractivity contribution < 1.29 is 24.6 Å². The number of carbonyl (C=O) groups is 3. The number of aromatic hydroxyl groups is 1. The highest BCUT2D eigenvalue weighted by molar-refractivity contribution is 8.17. The molecule has 7 nitrogen and oxygen atoms in total. The molecule has 2 aliphatic rings. The third kappa shape index (κ3) is 3.22. The van der Waals surface area contributed by atoms with E-state index in [1.807, 2.05) is 0 Å². The summed E-state index contributed by atoms with van der Waals surface area (Å²) in [6, 6.07) is 20.6. The van der Waals surface area contributed by atoms with Crippen molar-refractivity contribution in [3.63, 3.8) is 0 Å². The zero-order valence-electron chi connectivity index (χ0n) is 17.3. The number of aliphatic hydroxyl groups is 1. The van der Waals surface area contributed by atoms with Crippen molar-refractivity contribution in [2.75, 3.05) is 4.90 Å². The zero-order chi connectivity index (χ0) is 24.0. The van der Waals surface area contributed by atoms with Crippen LogP contribution in [0.15, 0.2) is 89.4 Å². The number of anilines is 1. The minimum absolute atomic E-state index is 0.0508. The number of Topliss-reactive ketones (excluding diaryl/α,β-unsaturated/α-hetero) is 1. The van der Waals surface area contributed by atoms with E-state index >= 15 is 0 Å². The smallest absolute Gasteiger partial charge is 0.301 e. The van der Waals surface area contributed by atoms with Gasteiger partial charge < -0.3 is 10.2 Å². The van der Waals surface area contributed by atoms with Gasteiger partial charge in [0.05, 0.1) is 11.3 Å². The predicted molar refractivity (Wildman–Crippen MR) is 130 cm³/mol. The molecule has 2 amide bonds. The normalized spacial score (nSPS) is 21.4. The van der Waals surface area contributed by atoms with Crippen LogP contribution in [0.2, 0.25) is 5.02 Å². The highest BCUT2D eigenvalue weighted by atomic mass is 35.5. The van der Waals surface area contributed by atoms with Gasteiger partial charge in [-0.05, 0) is 36.4 Å². The number of phenols is 1. The first-order chi connectivity index (χ1) is 16.3. The Balaban J connectivity index is 1.77. The van der Waals surface area contributed by atoms with E-state index in [1.54, 1.807) is 42.5 Å². The Labute approximate surface area is 203 Å². The highest BCUT2D eigenvalue weighted by Crippen LogP contribution is 2.53. The summed E-state index contributed by atoms with van der Waals surface area (Å²) < 4.78 is 0. The first-order valence-corrected chi connectivity index (χ1v) is 11.3.